The van der Waals surface area contributed by atoms with E-state index in [-0.39, 0.29) is 6.03 Å². The van der Waals surface area contributed by atoms with Gasteiger partial charge >= 0.3 is 6.03 Å². The molecule has 0 aromatic carbocycles. The van der Waals surface area contributed by atoms with Gasteiger partial charge in [0.1, 0.15) is 0 Å². The Morgan fingerprint density at radius 3 is 2.89 bits per heavy atom. The molecule has 18 heavy (non-hydrogen) atoms. The van der Waals surface area contributed by atoms with Gasteiger partial charge in [0.25, 0.3) is 0 Å². The number of aromatic nitrogens is 2. The van der Waals surface area contributed by atoms with E-state index in [0.717, 1.165) is 38.3 Å². The molecule has 100 valence electrons. The summed E-state index contributed by atoms with van der Waals surface area (Å²) in [6.07, 6.45) is 1.69. The van der Waals surface area contributed by atoms with Crippen LogP contribution < -0.4 is 5.73 Å². The van der Waals surface area contributed by atoms with Gasteiger partial charge in [0.2, 0.25) is 5.89 Å². The van der Waals surface area contributed by atoms with E-state index in [1.54, 1.807) is 4.90 Å². The van der Waals surface area contributed by atoms with Crippen LogP contribution in [0.15, 0.2) is 4.52 Å². The fourth-order valence-electron chi connectivity index (χ4n) is 2.04. The molecular formula is C11H19N5O2. The Bertz CT molecular complexity index is 406. The average Bonchev–Trinajstić information content (AvgIpc) is 2.66. The van der Waals surface area contributed by atoms with Crippen molar-refractivity contribution in [2.24, 2.45) is 5.73 Å². The van der Waals surface area contributed by atoms with Crippen molar-refractivity contribution in [2.75, 3.05) is 26.2 Å². The lowest BCUT2D eigenvalue weighted by Crippen LogP contribution is -2.38. The molecule has 2 heterocycles. The monoisotopic (exact) mass is 253 g/mol. The Morgan fingerprint density at radius 1 is 1.39 bits per heavy atom. The predicted octanol–water partition coefficient (Wildman–Crippen LogP) is 0.218. The van der Waals surface area contributed by atoms with Gasteiger partial charge in [-0.3, -0.25) is 4.90 Å². The van der Waals surface area contributed by atoms with Crippen molar-refractivity contribution in [1.29, 1.82) is 0 Å². The van der Waals surface area contributed by atoms with E-state index in [1.807, 2.05) is 6.92 Å². The number of urea groups is 1. The Balaban J connectivity index is 1.88. The lowest BCUT2D eigenvalue weighted by atomic mass is 10.4. The predicted molar refractivity (Wildman–Crippen MR) is 64.7 cm³/mol. The molecule has 1 aliphatic rings. The van der Waals surface area contributed by atoms with Gasteiger partial charge in [-0.25, -0.2) is 4.79 Å². The third-order valence-corrected chi connectivity index (χ3v) is 3.09. The number of nitrogens with two attached hydrogens (primary N) is 1. The Morgan fingerprint density at radius 2 is 2.22 bits per heavy atom. The number of primary amides is 1. The topological polar surface area (TPSA) is 88.5 Å². The molecule has 2 rings (SSSR count). The molecule has 0 spiro atoms. The molecule has 0 saturated carbocycles. The molecule has 0 unspecified atom stereocenters. The quantitative estimate of drug-likeness (QED) is 0.832. The summed E-state index contributed by atoms with van der Waals surface area (Å²) in [5, 5.41) is 3.87. The van der Waals surface area contributed by atoms with Gasteiger partial charge in [0.05, 0.1) is 6.54 Å². The van der Waals surface area contributed by atoms with Crippen LogP contribution in [-0.2, 0) is 13.0 Å². The minimum absolute atomic E-state index is 0.345. The van der Waals surface area contributed by atoms with Gasteiger partial charge in [0.15, 0.2) is 5.82 Å². The van der Waals surface area contributed by atoms with Crippen molar-refractivity contribution >= 4 is 6.03 Å². The van der Waals surface area contributed by atoms with E-state index in [4.69, 9.17) is 10.3 Å². The fourth-order valence-corrected chi connectivity index (χ4v) is 2.04. The van der Waals surface area contributed by atoms with Gasteiger partial charge in [-0.05, 0) is 6.42 Å². The summed E-state index contributed by atoms with van der Waals surface area (Å²) in [6, 6.07) is -0.345. The van der Waals surface area contributed by atoms with Crippen LogP contribution >= 0.6 is 0 Å². The molecule has 0 atom stereocenters. The van der Waals surface area contributed by atoms with Gasteiger partial charge < -0.3 is 15.2 Å². The van der Waals surface area contributed by atoms with E-state index in [0.29, 0.717) is 19.0 Å². The van der Waals surface area contributed by atoms with Crippen molar-refractivity contribution in [3.63, 3.8) is 0 Å². The van der Waals surface area contributed by atoms with Crippen molar-refractivity contribution in [3.8, 4) is 0 Å². The zero-order chi connectivity index (χ0) is 13.0. The first-order valence-electron chi connectivity index (χ1n) is 6.27. The molecule has 2 amide bonds. The Labute approximate surface area is 106 Å². The zero-order valence-electron chi connectivity index (χ0n) is 10.6. The second kappa shape index (κ2) is 5.81. The molecule has 0 bridgehead atoms. The largest absolute Gasteiger partial charge is 0.351 e. The molecule has 1 fully saturated rings. The number of amides is 2. The Hall–Kier alpha value is -1.63. The van der Waals surface area contributed by atoms with Crippen LogP contribution in [0.1, 0.15) is 25.1 Å². The van der Waals surface area contributed by atoms with E-state index in [9.17, 15) is 4.79 Å². The first kappa shape index (κ1) is 12.8. The highest BCUT2D eigenvalue weighted by Crippen LogP contribution is 2.08. The summed E-state index contributed by atoms with van der Waals surface area (Å²) < 4.78 is 5.17. The Kier molecular flexibility index (Phi) is 4.14. The number of aryl methyl sites for hydroxylation is 1. The summed E-state index contributed by atoms with van der Waals surface area (Å²) in [6.45, 7) is 5.70. The number of nitrogens with zero attached hydrogens (tertiary/aromatic N) is 4. The maximum absolute atomic E-state index is 11.1. The maximum Gasteiger partial charge on any atom is 0.314 e. The normalized spacial score (nSPS) is 17.7. The molecule has 1 aliphatic heterocycles. The summed E-state index contributed by atoms with van der Waals surface area (Å²) >= 11 is 0. The summed E-state index contributed by atoms with van der Waals surface area (Å²) in [5.74, 6) is 1.37. The van der Waals surface area contributed by atoms with Crippen LogP contribution in [0.4, 0.5) is 4.79 Å². The van der Waals surface area contributed by atoms with Crippen molar-refractivity contribution in [1.82, 2.24) is 19.9 Å². The highest BCUT2D eigenvalue weighted by atomic mass is 16.5. The number of hydrogen-bond donors (Lipinski definition) is 1. The van der Waals surface area contributed by atoms with Crippen LogP contribution in [0.2, 0.25) is 0 Å². The number of hydrogen-bond acceptors (Lipinski definition) is 5. The summed E-state index contributed by atoms with van der Waals surface area (Å²) in [4.78, 5) is 19.3. The van der Waals surface area contributed by atoms with Crippen molar-refractivity contribution < 1.29 is 9.32 Å². The molecule has 1 aromatic heterocycles. The highest BCUT2D eigenvalue weighted by molar-refractivity contribution is 5.71. The minimum Gasteiger partial charge on any atom is -0.351 e. The van der Waals surface area contributed by atoms with Crippen LogP contribution in [-0.4, -0.2) is 52.2 Å². The number of carbonyl (C=O) groups excluding carboxylic acids is 1. The first-order valence-corrected chi connectivity index (χ1v) is 6.27. The van der Waals surface area contributed by atoms with Gasteiger partial charge in [-0.15, -0.1) is 0 Å². The van der Waals surface area contributed by atoms with Crippen LogP contribution in [0.5, 0.6) is 0 Å². The first-order chi connectivity index (χ1) is 8.69. The smallest absolute Gasteiger partial charge is 0.314 e. The van der Waals surface area contributed by atoms with E-state index < -0.39 is 0 Å². The second-order valence-corrected chi connectivity index (χ2v) is 4.41. The lowest BCUT2D eigenvalue weighted by Gasteiger charge is -2.18. The highest BCUT2D eigenvalue weighted by Gasteiger charge is 2.18. The van der Waals surface area contributed by atoms with Crippen molar-refractivity contribution in [2.45, 2.75) is 26.3 Å². The van der Waals surface area contributed by atoms with Gasteiger partial charge in [-0.2, -0.15) is 4.98 Å². The molecule has 1 aromatic rings. The molecular weight excluding hydrogens is 234 g/mol. The number of carbonyl (C=O) groups is 1. The molecule has 0 aliphatic carbocycles. The maximum atomic E-state index is 11.1. The molecule has 7 nitrogen and oxygen atoms in total. The third-order valence-electron chi connectivity index (χ3n) is 3.09. The lowest BCUT2D eigenvalue weighted by molar-refractivity contribution is 0.204. The van der Waals surface area contributed by atoms with E-state index in [2.05, 4.69) is 15.0 Å². The van der Waals surface area contributed by atoms with E-state index in [1.165, 1.54) is 0 Å². The molecule has 7 heteroatoms. The second-order valence-electron chi connectivity index (χ2n) is 4.41. The fraction of sp³-hybridized carbons (Fsp3) is 0.727. The standard InChI is InChI=1S/C11H19N5O2/c1-2-9-13-10(18-14-9)8-15-4-3-5-16(7-6-15)11(12)17/h2-8H2,1H3,(H2,12,17). The van der Waals surface area contributed by atoms with Crippen LogP contribution in [0.25, 0.3) is 0 Å². The molecule has 0 radical (unpaired) electrons. The SMILES string of the molecule is CCc1noc(CN2CCCN(C(N)=O)CC2)n1. The van der Waals surface area contributed by atoms with Crippen LogP contribution in [0.3, 0.4) is 0 Å². The summed E-state index contributed by atoms with van der Waals surface area (Å²) in [5.41, 5.74) is 5.28. The number of rotatable bonds is 3. The average molecular weight is 253 g/mol. The zero-order valence-corrected chi connectivity index (χ0v) is 10.6. The summed E-state index contributed by atoms with van der Waals surface area (Å²) in [7, 11) is 0. The van der Waals surface area contributed by atoms with Crippen molar-refractivity contribution in [3.05, 3.63) is 11.7 Å². The van der Waals surface area contributed by atoms with E-state index >= 15 is 0 Å². The van der Waals surface area contributed by atoms with Gasteiger partial charge in [0, 0.05) is 32.6 Å². The van der Waals surface area contributed by atoms with Crippen LogP contribution in [0, 0.1) is 0 Å². The van der Waals surface area contributed by atoms with Gasteiger partial charge in [-0.1, -0.05) is 12.1 Å². The molecule has 1 saturated heterocycles. The third kappa shape index (κ3) is 3.19. The molecule has 2 N–H and O–H groups in total. The minimum atomic E-state index is -0.345.